The molecule has 0 saturated carbocycles. The molecular formula is C15H13BrClF2N. The van der Waals surface area contributed by atoms with Gasteiger partial charge in [0.15, 0.2) is 0 Å². The zero-order valence-corrected chi connectivity index (χ0v) is 13.3. The van der Waals surface area contributed by atoms with E-state index in [1.807, 2.05) is 6.92 Å². The van der Waals surface area contributed by atoms with Gasteiger partial charge in [-0.05, 0) is 42.0 Å². The summed E-state index contributed by atoms with van der Waals surface area (Å²) in [5.41, 5.74) is 1.61. The molecule has 0 bridgehead atoms. The van der Waals surface area contributed by atoms with Gasteiger partial charge in [0.05, 0.1) is 11.1 Å². The zero-order valence-electron chi connectivity index (χ0n) is 11.0. The van der Waals surface area contributed by atoms with E-state index in [1.54, 1.807) is 31.3 Å². The van der Waals surface area contributed by atoms with Gasteiger partial charge in [0.2, 0.25) is 0 Å². The van der Waals surface area contributed by atoms with Crippen molar-refractivity contribution >= 4 is 27.5 Å². The van der Waals surface area contributed by atoms with E-state index < -0.39 is 11.9 Å². The predicted octanol–water partition coefficient (Wildman–Crippen LogP) is 5.00. The summed E-state index contributed by atoms with van der Waals surface area (Å²) in [6.07, 6.45) is 0. The largest absolute Gasteiger partial charge is 0.309 e. The smallest absolute Gasteiger partial charge is 0.148 e. The van der Waals surface area contributed by atoms with Crippen LogP contribution in [0.15, 0.2) is 34.8 Å². The quantitative estimate of drug-likeness (QED) is 0.760. The van der Waals surface area contributed by atoms with Gasteiger partial charge in [0.1, 0.15) is 11.6 Å². The van der Waals surface area contributed by atoms with Crippen molar-refractivity contribution in [3.05, 3.63) is 68.2 Å². The van der Waals surface area contributed by atoms with E-state index >= 15 is 0 Å². The summed E-state index contributed by atoms with van der Waals surface area (Å²) in [6.45, 7) is 1.86. The molecule has 106 valence electrons. The van der Waals surface area contributed by atoms with Gasteiger partial charge in [0, 0.05) is 15.6 Å². The molecule has 1 unspecified atom stereocenters. The molecule has 2 rings (SSSR count). The van der Waals surface area contributed by atoms with Crippen molar-refractivity contribution in [3.63, 3.8) is 0 Å². The molecule has 0 saturated heterocycles. The van der Waals surface area contributed by atoms with Gasteiger partial charge in [-0.25, -0.2) is 8.78 Å². The van der Waals surface area contributed by atoms with E-state index in [4.69, 9.17) is 11.6 Å². The molecular weight excluding hydrogens is 348 g/mol. The molecule has 0 radical (unpaired) electrons. The highest BCUT2D eigenvalue weighted by Crippen LogP contribution is 2.33. The van der Waals surface area contributed by atoms with Gasteiger partial charge in [-0.15, -0.1) is 0 Å². The zero-order chi connectivity index (χ0) is 14.9. The lowest BCUT2D eigenvalue weighted by atomic mass is 9.96. The summed E-state index contributed by atoms with van der Waals surface area (Å²) in [7, 11) is 1.65. The molecule has 0 aliphatic heterocycles. The van der Waals surface area contributed by atoms with Crippen molar-refractivity contribution in [2.45, 2.75) is 13.0 Å². The van der Waals surface area contributed by atoms with Crippen LogP contribution in [0, 0.1) is 18.6 Å². The average Bonchev–Trinajstić information content (AvgIpc) is 2.43. The first-order chi connectivity index (χ1) is 9.45. The number of hydrogen-bond donors (Lipinski definition) is 1. The van der Waals surface area contributed by atoms with Crippen molar-refractivity contribution < 1.29 is 8.78 Å². The van der Waals surface area contributed by atoms with Gasteiger partial charge < -0.3 is 5.32 Å². The summed E-state index contributed by atoms with van der Waals surface area (Å²) >= 11 is 9.07. The molecule has 0 aromatic heterocycles. The maximum atomic E-state index is 14.3. The second-order valence-corrected chi connectivity index (χ2v) is 5.74. The van der Waals surface area contributed by atoms with Crippen LogP contribution in [0.2, 0.25) is 5.02 Å². The Balaban J connectivity index is 2.58. The van der Waals surface area contributed by atoms with Crippen molar-refractivity contribution in [1.29, 1.82) is 0 Å². The summed E-state index contributed by atoms with van der Waals surface area (Å²) in [6, 6.07) is 7.41. The third-order valence-electron chi connectivity index (χ3n) is 3.13. The number of nitrogens with one attached hydrogen (secondary N) is 1. The number of hydrogen-bond acceptors (Lipinski definition) is 1. The number of aryl methyl sites for hydroxylation is 1. The van der Waals surface area contributed by atoms with E-state index in [-0.39, 0.29) is 10.8 Å². The van der Waals surface area contributed by atoms with Gasteiger partial charge in [-0.1, -0.05) is 35.4 Å². The van der Waals surface area contributed by atoms with Gasteiger partial charge >= 0.3 is 0 Å². The van der Waals surface area contributed by atoms with E-state index in [2.05, 4.69) is 21.2 Å². The molecule has 0 spiro atoms. The summed E-state index contributed by atoms with van der Waals surface area (Å²) in [5, 5.41) is 2.93. The molecule has 0 aliphatic carbocycles. The number of benzene rings is 2. The molecule has 0 fully saturated rings. The minimum absolute atomic E-state index is 0.00388. The second-order valence-electron chi connectivity index (χ2n) is 4.51. The molecule has 2 aromatic carbocycles. The Bertz CT molecular complexity index is 646. The van der Waals surface area contributed by atoms with E-state index in [1.165, 1.54) is 6.07 Å². The topological polar surface area (TPSA) is 12.0 Å². The molecule has 5 heteroatoms. The molecule has 1 nitrogen and oxygen atoms in total. The van der Waals surface area contributed by atoms with Crippen LogP contribution in [-0.2, 0) is 0 Å². The highest BCUT2D eigenvalue weighted by Gasteiger charge is 2.22. The highest BCUT2D eigenvalue weighted by atomic mass is 79.9. The monoisotopic (exact) mass is 359 g/mol. The fourth-order valence-electron chi connectivity index (χ4n) is 2.13. The minimum atomic E-state index is -0.597. The molecule has 0 amide bonds. The van der Waals surface area contributed by atoms with Gasteiger partial charge in [-0.3, -0.25) is 0 Å². The molecule has 0 aliphatic rings. The lowest BCUT2D eigenvalue weighted by Gasteiger charge is -2.20. The van der Waals surface area contributed by atoms with E-state index in [9.17, 15) is 8.78 Å². The van der Waals surface area contributed by atoms with Crippen LogP contribution in [-0.4, -0.2) is 7.05 Å². The lowest BCUT2D eigenvalue weighted by Crippen LogP contribution is -2.20. The maximum Gasteiger partial charge on any atom is 0.148 e. The number of rotatable bonds is 3. The van der Waals surface area contributed by atoms with Crippen molar-refractivity contribution in [2.24, 2.45) is 0 Å². The van der Waals surface area contributed by atoms with Crippen LogP contribution < -0.4 is 5.32 Å². The molecule has 20 heavy (non-hydrogen) atoms. The lowest BCUT2D eigenvalue weighted by molar-refractivity contribution is 0.546. The normalized spacial score (nSPS) is 12.5. The fourth-order valence-corrected chi connectivity index (χ4v) is 2.61. The summed E-state index contributed by atoms with van der Waals surface area (Å²) < 4.78 is 28.8. The SMILES string of the molecule is CNC(c1cc(C)ccc1F)c1ccc(Br)c(Cl)c1F. The summed E-state index contributed by atoms with van der Waals surface area (Å²) in [5.74, 6) is -0.935. The third-order valence-corrected chi connectivity index (χ3v) is 4.39. The van der Waals surface area contributed by atoms with Crippen LogP contribution in [0.3, 0.4) is 0 Å². The van der Waals surface area contributed by atoms with Crippen LogP contribution in [0.5, 0.6) is 0 Å². The highest BCUT2D eigenvalue weighted by molar-refractivity contribution is 9.10. The van der Waals surface area contributed by atoms with Crippen molar-refractivity contribution in [2.75, 3.05) is 7.05 Å². The first-order valence-corrected chi connectivity index (χ1v) is 7.19. The Morgan fingerprint density at radius 3 is 2.50 bits per heavy atom. The van der Waals surface area contributed by atoms with Crippen LogP contribution >= 0.6 is 27.5 Å². The Morgan fingerprint density at radius 1 is 1.15 bits per heavy atom. The minimum Gasteiger partial charge on any atom is -0.309 e. The summed E-state index contributed by atoms with van der Waals surface area (Å²) in [4.78, 5) is 0. The molecule has 0 heterocycles. The van der Waals surface area contributed by atoms with Crippen LogP contribution in [0.4, 0.5) is 8.78 Å². The van der Waals surface area contributed by atoms with Crippen LogP contribution in [0.1, 0.15) is 22.7 Å². The Labute approximate surface area is 130 Å². The first-order valence-electron chi connectivity index (χ1n) is 6.02. The van der Waals surface area contributed by atoms with E-state index in [0.717, 1.165) is 5.56 Å². The van der Waals surface area contributed by atoms with Crippen molar-refractivity contribution in [3.8, 4) is 0 Å². The predicted molar refractivity (Wildman–Crippen MR) is 81.1 cm³/mol. The standard InChI is InChI=1S/C15H13BrClF2N/c1-8-3-6-12(18)10(7-8)15(20-2)9-4-5-11(16)13(17)14(9)19/h3-7,15,20H,1-2H3. The molecule has 2 aromatic rings. The van der Waals surface area contributed by atoms with E-state index in [0.29, 0.717) is 15.6 Å². The fraction of sp³-hybridized carbons (Fsp3) is 0.200. The van der Waals surface area contributed by atoms with Gasteiger partial charge in [0.25, 0.3) is 0 Å². The van der Waals surface area contributed by atoms with Crippen molar-refractivity contribution in [1.82, 2.24) is 5.32 Å². The maximum absolute atomic E-state index is 14.3. The molecule has 1 atom stereocenters. The Hall–Kier alpha value is -0.970. The second kappa shape index (κ2) is 6.20. The van der Waals surface area contributed by atoms with Crippen LogP contribution in [0.25, 0.3) is 0 Å². The average molecular weight is 361 g/mol. The van der Waals surface area contributed by atoms with Gasteiger partial charge in [-0.2, -0.15) is 0 Å². The first kappa shape index (κ1) is 15.4. The number of halogens is 4. The Morgan fingerprint density at radius 2 is 1.85 bits per heavy atom. The Kier molecular flexibility index (Phi) is 4.78. The third kappa shape index (κ3) is 2.87. The molecule has 1 N–H and O–H groups in total.